The predicted octanol–water partition coefficient (Wildman–Crippen LogP) is 2.26. The van der Waals surface area contributed by atoms with Crippen LogP contribution in [-0.2, 0) is 0 Å². The SMILES string of the molecule is CCC[C@@H](O)COc1cc2c(cc1C)OCO2. The number of rotatable bonds is 5. The largest absolute Gasteiger partial charge is 0.490 e. The summed E-state index contributed by atoms with van der Waals surface area (Å²) in [6.45, 7) is 4.56. The van der Waals surface area contributed by atoms with Crippen LogP contribution in [0.4, 0.5) is 0 Å². The molecule has 0 aromatic heterocycles. The molecule has 1 atom stereocenters. The molecule has 0 aliphatic carbocycles. The van der Waals surface area contributed by atoms with Crippen LogP contribution in [-0.4, -0.2) is 24.6 Å². The highest BCUT2D eigenvalue weighted by molar-refractivity contribution is 5.51. The molecule has 0 bridgehead atoms. The summed E-state index contributed by atoms with van der Waals surface area (Å²) in [5.74, 6) is 2.20. The van der Waals surface area contributed by atoms with Crippen LogP contribution in [0, 0.1) is 6.92 Å². The third-order valence-corrected chi connectivity index (χ3v) is 2.72. The zero-order chi connectivity index (χ0) is 12.3. The predicted molar refractivity (Wildman–Crippen MR) is 63.7 cm³/mol. The smallest absolute Gasteiger partial charge is 0.231 e. The fraction of sp³-hybridized carbons (Fsp3) is 0.538. The van der Waals surface area contributed by atoms with E-state index < -0.39 is 6.10 Å². The van der Waals surface area contributed by atoms with Gasteiger partial charge in [0.05, 0.1) is 6.10 Å². The number of fused-ring (bicyclic) bond motifs is 1. The first-order valence-electron chi connectivity index (χ1n) is 5.91. The molecule has 0 saturated carbocycles. The summed E-state index contributed by atoms with van der Waals surface area (Å²) in [5, 5.41) is 9.61. The Morgan fingerprint density at radius 3 is 2.76 bits per heavy atom. The van der Waals surface area contributed by atoms with Gasteiger partial charge in [0.2, 0.25) is 6.79 Å². The van der Waals surface area contributed by atoms with Crippen LogP contribution in [0.5, 0.6) is 17.2 Å². The van der Waals surface area contributed by atoms with E-state index in [4.69, 9.17) is 14.2 Å². The van der Waals surface area contributed by atoms with Gasteiger partial charge in [-0.25, -0.2) is 0 Å². The minimum absolute atomic E-state index is 0.261. The zero-order valence-corrected chi connectivity index (χ0v) is 10.2. The van der Waals surface area contributed by atoms with Crippen molar-refractivity contribution >= 4 is 0 Å². The summed E-state index contributed by atoms with van der Waals surface area (Å²) in [6, 6.07) is 3.71. The molecule has 2 rings (SSSR count). The Morgan fingerprint density at radius 2 is 2.06 bits per heavy atom. The molecule has 17 heavy (non-hydrogen) atoms. The molecular weight excluding hydrogens is 220 g/mol. The van der Waals surface area contributed by atoms with E-state index in [1.165, 1.54) is 0 Å². The van der Waals surface area contributed by atoms with Gasteiger partial charge in [0.25, 0.3) is 0 Å². The lowest BCUT2D eigenvalue weighted by Crippen LogP contribution is -2.17. The van der Waals surface area contributed by atoms with E-state index in [2.05, 4.69) is 0 Å². The van der Waals surface area contributed by atoms with Crippen molar-refractivity contribution in [2.24, 2.45) is 0 Å². The second-order valence-corrected chi connectivity index (χ2v) is 4.22. The molecular formula is C13H18O4. The lowest BCUT2D eigenvalue weighted by molar-refractivity contribution is 0.0988. The molecule has 0 unspecified atom stereocenters. The van der Waals surface area contributed by atoms with Crippen LogP contribution in [0.15, 0.2) is 12.1 Å². The number of benzene rings is 1. The standard InChI is InChI=1S/C13H18O4/c1-3-4-10(14)7-15-11-6-13-12(5-9(11)2)16-8-17-13/h5-6,10,14H,3-4,7-8H2,1-2H3/t10-/m1/s1. The first-order chi connectivity index (χ1) is 8.20. The maximum absolute atomic E-state index is 9.61. The van der Waals surface area contributed by atoms with E-state index in [0.29, 0.717) is 12.4 Å². The van der Waals surface area contributed by atoms with E-state index in [9.17, 15) is 5.11 Å². The quantitative estimate of drug-likeness (QED) is 0.854. The van der Waals surface area contributed by atoms with Gasteiger partial charge in [-0.15, -0.1) is 0 Å². The Balaban J connectivity index is 2.01. The van der Waals surface area contributed by atoms with Gasteiger partial charge in [0, 0.05) is 6.07 Å². The highest BCUT2D eigenvalue weighted by Gasteiger charge is 2.16. The normalized spacial score (nSPS) is 14.8. The number of aliphatic hydroxyl groups is 1. The number of aryl methyl sites for hydroxylation is 1. The minimum Gasteiger partial charge on any atom is -0.490 e. The molecule has 4 heteroatoms. The molecule has 1 aliphatic rings. The van der Waals surface area contributed by atoms with Crippen molar-refractivity contribution in [3.8, 4) is 17.2 Å². The highest BCUT2D eigenvalue weighted by Crippen LogP contribution is 2.37. The van der Waals surface area contributed by atoms with Crippen molar-refractivity contribution < 1.29 is 19.3 Å². The van der Waals surface area contributed by atoms with Crippen LogP contribution < -0.4 is 14.2 Å². The maximum Gasteiger partial charge on any atom is 0.231 e. The fourth-order valence-corrected chi connectivity index (χ4v) is 1.78. The van der Waals surface area contributed by atoms with Gasteiger partial charge in [0.1, 0.15) is 12.4 Å². The van der Waals surface area contributed by atoms with Crippen molar-refractivity contribution in [1.82, 2.24) is 0 Å². The number of ether oxygens (including phenoxy) is 3. The average molecular weight is 238 g/mol. The van der Waals surface area contributed by atoms with Gasteiger partial charge in [-0.2, -0.15) is 0 Å². The number of hydrogen-bond acceptors (Lipinski definition) is 4. The molecule has 0 spiro atoms. The lowest BCUT2D eigenvalue weighted by Gasteiger charge is -2.13. The molecule has 1 aliphatic heterocycles. The van der Waals surface area contributed by atoms with Crippen LogP contribution >= 0.6 is 0 Å². The Kier molecular flexibility index (Phi) is 3.74. The van der Waals surface area contributed by atoms with E-state index in [-0.39, 0.29) is 6.79 Å². The van der Waals surface area contributed by atoms with Gasteiger partial charge in [-0.3, -0.25) is 0 Å². The van der Waals surface area contributed by atoms with Crippen LogP contribution in [0.25, 0.3) is 0 Å². The van der Waals surface area contributed by atoms with Crippen molar-refractivity contribution in [2.45, 2.75) is 32.8 Å². The first kappa shape index (κ1) is 12.0. The molecule has 94 valence electrons. The Labute approximate surface area is 101 Å². The Morgan fingerprint density at radius 1 is 1.35 bits per heavy atom. The third kappa shape index (κ3) is 2.82. The molecule has 1 heterocycles. The zero-order valence-electron chi connectivity index (χ0n) is 10.2. The second-order valence-electron chi connectivity index (χ2n) is 4.22. The maximum atomic E-state index is 9.61. The van der Waals surface area contributed by atoms with E-state index in [0.717, 1.165) is 29.9 Å². The van der Waals surface area contributed by atoms with Gasteiger partial charge in [-0.05, 0) is 25.0 Å². The van der Waals surface area contributed by atoms with Crippen molar-refractivity contribution in [2.75, 3.05) is 13.4 Å². The summed E-state index contributed by atoms with van der Waals surface area (Å²) in [4.78, 5) is 0. The van der Waals surface area contributed by atoms with Crippen molar-refractivity contribution in [1.29, 1.82) is 0 Å². The van der Waals surface area contributed by atoms with Crippen LogP contribution in [0.1, 0.15) is 25.3 Å². The number of hydrogen-bond donors (Lipinski definition) is 1. The van der Waals surface area contributed by atoms with Gasteiger partial charge in [-0.1, -0.05) is 13.3 Å². The summed E-state index contributed by atoms with van der Waals surface area (Å²) >= 11 is 0. The monoisotopic (exact) mass is 238 g/mol. The second kappa shape index (κ2) is 5.27. The summed E-state index contributed by atoms with van der Waals surface area (Å²) < 4.78 is 16.1. The van der Waals surface area contributed by atoms with Crippen LogP contribution in [0.2, 0.25) is 0 Å². The third-order valence-electron chi connectivity index (χ3n) is 2.72. The van der Waals surface area contributed by atoms with E-state index in [1.54, 1.807) is 0 Å². The molecule has 0 fully saturated rings. The molecule has 1 N–H and O–H groups in total. The fourth-order valence-electron chi connectivity index (χ4n) is 1.78. The van der Waals surface area contributed by atoms with Gasteiger partial charge >= 0.3 is 0 Å². The van der Waals surface area contributed by atoms with Crippen molar-refractivity contribution in [3.63, 3.8) is 0 Å². The molecule has 0 radical (unpaired) electrons. The summed E-state index contributed by atoms with van der Waals surface area (Å²) in [6.07, 6.45) is 1.29. The van der Waals surface area contributed by atoms with E-state index >= 15 is 0 Å². The van der Waals surface area contributed by atoms with Crippen molar-refractivity contribution in [3.05, 3.63) is 17.7 Å². The lowest BCUT2D eigenvalue weighted by atomic mass is 10.2. The summed E-state index contributed by atoms with van der Waals surface area (Å²) in [5.41, 5.74) is 0.984. The highest BCUT2D eigenvalue weighted by atomic mass is 16.7. The Hall–Kier alpha value is -1.42. The van der Waals surface area contributed by atoms with Gasteiger partial charge in [0.15, 0.2) is 11.5 Å². The van der Waals surface area contributed by atoms with Crippen LogP contribution in [0.3, 0.4) is 0 Å². The molecule has 1 aromatic carbocycles. The summed E-state index contributed by atoms with van der Waals surface area (Å²) in [7, 11) is 0. The number of aliphatic hydroxyl groups excluding tert-OH is 1. The minimum atomic E-state index is -0.412. The average Bonchev–Trinajstić information content (AvgIpc) is 2.73. The molecule has 0 amide bonds. The topological polar surface area (TPSA) is 47.9 Å². The first-order valence-corrected chi connectivity index (χ1v) is 5.91. The van der Waals surface area contributed by atoms with E-state index in [1.807, 2.05) is 26.0 Å². The molecule has 0 saturated heterocycles. The Bertz CT molecular complexity index is 389. The molecule has 4 nitrogen and oxygen atoms in total. The molecule has 1 aromatic rings. The van der Waals surface area contributed by atoms with Gasteiger partial charge < -0.3 is 19.3 Å².